The number of anilines is 2. The largest absolute Gasteiger partial charge is 0.453 e. The van der Waals surface area contributed by atoms with Crippen LogP contribution in [-0.4, -0.2) is 113 Å². The smallest absolute Gasteiger partial charge is 0.407 e. The van der Waals surface area contributed by atoms with Crippen LogP contribution in [0.25, 0.3) is 22.0 Å². The number of pyridine rings is 1. The lowest BCUT2D eigenvalue weighted by Crippen LogP contribution is -2.54. The summed E-state index contributed by atoms with van der Waals surface area (Å²) < 4.78 is 9.33. The number of aromatic nitrogens is 3. The van der Waals surface area contributed by atoms with Crippen LogP contribution in [0.4, 0.5) is 21.4 Å². The van der Waals surface area contributed by atoms with Gasteiger partial charge in [0.2, 0.25) is 29.6 Å². The second-order valence-corrected chi connectivity index (χ2v) is 13.6. The van der Waals surface area contributed by atoms with E-state index in [1.807, 2.05) is 39.0 Å². The van der Waals surface area contributed by atoms with Crippen molar-refractivity contribution >= 4 is 58.5 Å². The first kappa shape index (κ1) is 40.9. The molecule has 0 saturated carbocycles. The first-order valence-electron chi connectivity index (χ1n) is 17.9. The van der Waals surface area contributed by atoms with E-state index in [2.05, 4.69) is 45.7 Å². The summed E-state index contributed by atoms with van der Waals surface area (Å²) in [5.41, 5.74) is 2.09. The number of methoxy groups -OCH3 is 2. The molecule has 4 N–H and O–H groups in total. The Hall–Kier alpha value is -5.87. The SMILES string of the molecule is CCCN(CC(=O)Nc1ncc(-c2ccc3nc(NC(=O)[C@@H]4CCCN4C(=O)[C@@H](NC(=O)OC)C(C)C)ccc3c2)cn1)C(=O)[C@@H](NC(=O)OC)C(C)C. The maximum absolute atomic E-state index is 13.4. The number of likely N-dealkylation sites (tertiary alicyclic amines) is 1. The average Bonchev–Trinajstić information content (AvgIpc) is 3.65. The number of hydrogen-bond acceptors (Lipinski definition) is 11. The molecule has 3 aromatic rings. The number of alkyl carbamates (subject to hydrolysis) is 2. The molecule has 3 atom stereocenters. The highest BCUT2D eigenvalue weighted by molar-refractivity contribution is 5.99. The van der Waals surface area contributed by atoms with Crippen LogP contribution in [0, 0.1) is 11.8 Å². The fourth-order valence-electron chi connectivity index (χ4n) is 6.08. The zero-order valence-electron chi connectivity index (χ0n) is 31.7. The Morgan fingerprint density at radius 3 is 2.13 bits per heavy atom. The van der Waals surface area contributed by atoms with Crippen molar-refractivity contribution in [2.45, 2.75) is 72.0 Å². The molecule has 17 heteroatoms. The van der Waals surface area contributed by atoms with Crippen LogP contribution in [0.3, 0.4) is 0 Å². The van der Waals surface area contributed by atoms with Crippen molar-refractivity contribution in [1.29, 1.82) is 0 Å². The Labute approximate surface area is 313 Å². The normalized spacial score (nSPS) is 15.0. The Morgan fingerprint density at radius 1 is 0.870 bits per heavy atom. The van der Waals surface area contributed by atoms with Crippen LogP contribution < -0.4 is 21.3 Å². The summed E-state index contributed by atoms with van der Waals surface area (Å²) >= 11 is 0. The molecule has 1 aliphatic rings. The lowest BCUT2D eigenvalue weighted by molar-refractivity contribution is -0.139. The van der Waals surface area contributed by atoms with Gasteiger partial charge in [0, 0.05) is 36.4 Å². The molecule has 290 valence electrons. The number of nitrogens with zero attached hydrogens (tertiary/aromatic N) is 5. The van der Waals surface area contributed by atoms with Gasteiger partial charge in [0.05, 0.1) is 19.7 Å². The van der Waals surface area contributed by atoms with E-state index in [-0.39, 0.29) is 36.1 Å². The predicted octanol–water partition coefficient (Wildman–Crippen LogP) is 3.56. The number of carbonyl (C=O) groups excluding carboxylic acids is 6. The molecule has 6 amide bonds. The molecule has 54 heavy (non-hydrogen) atoms. The number of hydrogen-bond donors (Lipinski definition) is 4. The zero-order valence-corrected chi connectivity index (χ0v) is 31.7. The number of benzene rings is 1. The third-order valence-electron chi connectivity index (χ3n) is 8.94. The summed E-state index contributed by atoms with van der Waals surface area (Å²) in [5.74, 6) is -1.67. The van der Waals surface area contributed by atoms with Crippen molar-refractivity contribution in [2.24, 2.45) is 11.8 Å². The quantitative estimate of drug-likeness (QED) is 0.187. The van der Waals surface area contributed by atoms with Crippen LogP contribution in [0.1, 0.15) is 53.9 Å². The Bertz CT molecular complexity index is 1840. The molecule has 17 nitrogen and oxygen atoms in total. The van der Waals surface area contributed by atoms with Gasteiger partial charge >= 0.3 is 12.2 Å². The maximum atomic E-state index is 13.4. The van der Waals surface area contributed by atoms with E-state index in [1.54, 1.807) is 38.4 Å². The lowest BCUT2D eigenvalue weighted by Gasteiger charge is -2.30. The molecule has 0 spiro atoms. The van der Waals surface area contributed by atoms with Gasteiger partial charge in [-0.15, -0.1) is 0 Å². The minimum absolute atomic E-state index is 0.0607. The summed E-state index contributed by atoms with van der Waals surface area (Å²) in [6.07, 6.45) is 3.41. The molecule has 0 aliphatic carbocycles. The molecular formula is C37H49N9O8. The first-order valence-corrected chi connectivity index (χ1v) is 17.9. The van der Waals surface area contributed by atoms with Crippen LogP contribution in [0.5, 0.6) is 0 Å². The molecule has 0 radical (unpaired) electrons. The van der Waals surface area contributed by atoms with E-state index < -0.39 is 42.1 Å². The summed E-state index contributed by atoms with van der Waals surface area (Å²) in [6.45, 7) is 9.52. The van der Waals surface area contributed by atoms with Crippen molar-refractivity contribution in [3.63, 3.8) is 0 Å². The van der Waals surface area contributed by atoms with Gasteiger partial charge in [0.25, 0.3) is 0 Å². The predicted molar refractivity (Wildman–Crippen MR) is 200 cm³/mol. The standard InChI is InChI=1S/C37H49N9O8/c1-8-15-45(33(49)30(21(2)3)43-36(51)53-6)20-29(47)42-35-38-18-25(19-39-35)23-11-13-26-24(17-23)12-14-28(40-26)41-32(48)27-10-9-16-46(27)34(50)31(22(4)5)44-37(52)54-7/h11-14,17-19,21-22,27,30-31H,8-10,15-16,20H2,1-7H3,(H,43,51)(H,44,52)(H,40,41,48)(H,38,39,42,47)/t27-,30-,31-/m0/s1. The topological polar surface area (TPSA) is 214 Å². The van der Waals surface area contributed by atoms with Crippen LogP contribution >= 0.6 is 0 Å². The van der Waals surface area contributed by atoms with E-state index in [0.717, 1.165) is 10.9 Å². The van der Waals surface area contributed by atoms with Crippen LogP contribution in [-0.2, 0) is 28.7 Å². The van der Waals surface area contributed by atoms with Gasteiger partial charge in [0.1, 0.15) is 30.5 Å². The molecule has 1 aliphatic heterocycles. The molecule has 1 fully saturated rings. The van der Waals surface area contributed by atoms with Crippen molar-refractivity contribution in [3.05, 3.63) is 42.7 Å². The lowest BCUT2D eigenvalue weighted by atomic mass is 10.0. The fourth-order valence-corrected chi connectivity index (χ4v) is 6.08. The van der Waals surface area contributed by atoms with Gasteiger partial charge in [-0.3, -0.25) is 24.5 Å². The van der Waals surface area contributed by atoms with Crippen molar-refractivity contribution in [2.75, 3.05) is 44.5 Å². The maximum Gasteiger partial charge on any atom is 0.407 e. The number of rotatable bonds is 14. The van der Waals surface area contributed by atoms with Crippen LogP contribution in [0.2, 0.25) is 0 Å². The molecule has 1 aromatic carbocycles. The number of fused-ring (bicyclic) bond motifs is 1. The minimum Gasteiger partial charge on any atom is -0.453 e. The van der Waals surface area contributed by atoms with E-state index in [4.69, 9.17) is 0 Å². The van der Waals surface area contributed by atoms with Crippen molar-refractivity contribution in [3.8, 4) is 11.1 Å². The second-order valence-electron chi connectivity index (χ2n) is 13.6. The average molecular weight is 748 g/mol. The molecule has 2 aromatic heterocycles. The summed E-state index contributed by atoms with van der Waals surface area (Å²) in [4.78, 5) is 92.6. The highest BCUT2D eigenvalue weighted by atomic mass is 16.5. The molecule has 0 unspecified atom stereocenters. The molecule has 1 saturated heterocycles. The van der Waals surface area contributed by atoms with Gasteiger partial charge in [-0.2, -0.15) is 0 Å². The first-order chi connectivity index (χ1) is 25.8. The molecular weight excluding hydrogens is 698 g/mol. The van der Waals surface area contributed by atoms with Gasteiger partial charge < -0.3 is 35.2 Å². The number of carbonyl (C=O) groups is 6. The molecule has 3 heterocycles. The Morgan fingerprint density at radius 2 is 1.52 bits per heavy atom. The second kappa shape index (κ2) is 18.8. The van der Waals surface area contributed by atoms with Gasteiger partial charge in [-0.25, -0.2) is 24.5 Å². The minimum atomic E-state index is -0.864. The monoisotopic (exact) mass is 747 g/mol. The highest BCUT2D eigenvalue weighted by Gasteiger charge is 2.39. The van der Waals surface area contributed by atoms with Crippen molar-refractivity contribution < 1.29 is 38.2 Å². The molecule has 0 bridgehead atoms. The Balaban J connectivity index is 1.39. The summed E-state index contributed by atoms with van der Waals surface area (Å²) in [6, 6.07) is 6.61. The number of nitrogens with one attached hydrogen (secondary N) is 4. The van der Waals surface area contributed by atoms with Crippen molar-refractivity contribution in [1.82, 2.24) is 35.4 Å². The zero-order chi connectivity index (χ0) is 39.5. The van der Waals surface area contributed by atoms with E-state index >= 15 is 0 Å². The highest BCUT2D eigenvalue weighted by Crippen LogP contribution is 2.26. The fraction of sp³-hybridized carbons (Fsp3) is 0.486. The third-order valence-corrected chi connectivity index (χ3v) is 8.94. The molecule has 4 rings (SSSR count). The van der Waals surface area contributed by atoms with E-state index in [0.29, 0.717) is 49.2 Å². The van der Waals surface area contributed by atoms with E-state index in [1.165, 1.54) is 24.0 Å². The number of amides is 6. The summed E-state index contributed by atoms with van der Waals surface area (Å²) in [5, 5.41) is 11.4. The van der Waals surface area contributed by atoms with Gasteiger partial charge in [0.15, 0.2) is 0 Å². The Kier molecular flexibility index (Phi) is 14.2. The summed E-state index contributed by atoms with van der Waals surface area (Å²) in [7, 11) is 2.44. The van der Waals surface area contributed by atoms with E-state index in [9.17, 15) is 28.8 Å². The van der Waals surface area contributed by atoms with Gasteiger partial charge in [-0.05, 0) is 60.9 Å². The van der Waals surface area contributed by atoms with Gasteiger partial charge in [-0.1, -0.05) is 40.7 Å². The van der Waals surface area contributed by atoms with Crippen LogP contribution in [0.15, 0.2) is 42.7 Å². The number of ether oxygens (including phenoxy) is 2. The third kappa shape index (κ3) is 10.4.